The molecule has 0 unspecified atom stereocenters. The number of rotatable bonds is 0. The highest BCUT2D eigenvalue weighted by atomic mass is 79.9. The second-order valence-electron chi connectivity index (χ2n) is 1.78. The Labute approximate surface area is 74.1 Å². The molecule has 1 aromatic rings. The van der Waals surface area contributed by atoms with Crippen LogP contribution < -0.4 is 0 Å². The van der Waals surface area contributed by atoms with Gasteiger partial charge < -0.3 is 0 Å². The van der Waals surface area contributed by atoms with Gasteiger partial charge in [-0.3, -0.25) is 0 Å². The van der Waals surface area contributed by atoms with Crippen molar-refractivity contribution < 1.29 is 13.2 Å². The van der Waals surface area contributed by atoms with Crippen LogP contribution in [0.2, 0.25) is 5.02 Å². The Kier molecular flexibility index (Phi) is 2.44. The first-order valence-electron chi connectivity index (χ1n) is 2.52. The molecule has 0 N–H and O–H groups in total. The first-order chi connectivity index (χ1) is 5.04. The van der Waals surface area contributed by atoms with Crippen LogP contribution in [-0.2, 0) is 0 Å². The van der Waals surface area contributed by atoms with E-state index in [1.54, 1.807) is 0 Å². The fourth-order valence-corrected chi connectivity index (χ4v) is 1.27. The van der Waals surface area contributed by atoms with Crippen molar-refractivity contribution in [3.05, 3.63) is 33.0 Å². The highest BCUT2D eigenvalue weighted by molar-refractivity contribution is 9.10. The van der Waals surface area contributed by atoms with Crippen LogP contribution in [0.5, 0.6) is 0 Å². The Morgan fingerprint density at radius 2 is 1.64 bits per heavy atom. The van der Waals surface area contributed by atoms with E-state index in [-0.39, 0.29) is 4.47 Å². The predicted molar refractivity (Wildman–Crippen MR) is 39.0 cm³/mol. The van der Waals surface area contributed by atoms with Gasteiger partial charge in [0.15, 0.2) is 17.5 Å². The minimum Gasteiger partial charge on any atom is -0.202 e. The Bertz CT molecular complexity index is 274. The van der Waals surface area contributed by atoms with E-state index in [0.717, 1.165) is 6.07 Å². The fourth-order valence-electron chi connectivity index (χ4n) is 0.544. The van der Waals surface area contributed by atoms with Crippen LogP contribution in [0.3, 0.4) is 0 Å². The molecule has 11 heavy (non-hydrogen) atoms. The number of halogens is 5. The lowest BCUT2D eigenvalue weighted by Gasteiger charge is -1.98. The van der Waals surface area contributed by atoms with E-state index in [1.165, 1.54) is 0 Å². The van der Waals surface area contributed by atoms with Crippen molar-refractivity contribution in [3.8, 4) is 0 Å². The van der Waals surface area contributed by atoms with E-state index in [1.807, 2.05) is 0 Å². The zero-order valence-corrected chi connectivity index (χ0v) is 7.31. The maximum atomic E-state index is 12.5. The highest BCUT2D eigenvalue weighted by Gasteiger charge is 2.15. The van der Waals surface area contributed by atoms with Crippen molar-refractivity contribution in [1.82, 2.24) is 0 Å². The summed E-state index contributed by atoms with van der Waals surface area (Å²) in [5.41, 5.74) is 0. The second kappa shape index (κ2) is 3.03. The first kappa shape index (κ1) is 8.87. The summed E-state index contributed by atoms with van der Waals surface area (Å²) in [6.45, 7) is 0. The van der Waals surface area contributed by atoms with Gasteiger partial charge in [-0.05, 0) is 22.0 Å². The third-order valence-corrected chi connectivity index (χ3v) is 1.91. The van der Waals surface area contributed by atoms with Crippen LogP contribution in [0.1, 0.15) is 0 Å². The maximum Gasteiger partial charge on any atom is 0.197 e. The molecular formula is C6HBrClF3. The average molecular weight is 245 g/mol. The lowest BCUT2D eigenvalue weighted by molar-refractivity contribution is 0.444. The van der Waals surface area contributed by atoms with Crippen LogP contribution in [-0.4, -0.2) is 0 Å². The zero-order valence-electron chi connectivity index (χ0n) is 4.97. The summed E-state index contributed by atoms with van der Waals surface area (Å²) in [6, 6.07) is 0.954. The number of hydrogen-bond donors (Lipinski definition) is 0. The predicted octanol–water partition coefficient (Wildman–Crippen LogP) is 3.52. The number of benzene rings is 1. The van der Waals surface area contributed by atoms with Crippen molar-refractivity contribution >= 4 is 27.5 Å². The molecule has 0 fully saturated rings. The van der Waals surface area contributed by atoms with E-state index in [2.05, 4.69) is 15.9 Å². The summed E-state index contributed by atoms with van der Waals surface area (Å²) in [6.07, 6.45) is 0. The lowest BCUT2D eigenvalue weighted by Crippen LogP contribution is -1.92. The van der Waals surface area contributed by atoms with Crippen molar-refractivity contribution in [2.75, 3.05) is 0 Å². The smallest absolute Gasteiger partial charge is 0.197 e. The Balaban J connectivity index is 3.46. The lowest BCUT2D eigenvalue weighted by atomic mass is 10.3. The summed E-state index contributed by atoms with van der Waals surface area (Å²) in [5.74, 6) is -4.20. The molecule has 1 aromatic carbocycles. The van der Waals surface area contributed by atoms with Gasteiger partial charge in [-0.1, -0.05) is 11.6 Å². The van der Waals surface area contributed by atoms with Gasteiger partial charge in [0.2, 0.25) is 0 Å². The molecule has 0 saturated carbocycles. The van der Waals surface area contributed by atoms with E-state index in [4.69, 9.17) is 11.6 Å². The van der Waals surface area contributed by atoms with Gasteiger partial charge in [0.1, 0.15) is 0 Å². The van der Waals surface area contributed by atoms with Crippen molar-refractivity contribution in [1.29, 1.82) is 0 Å². The summed E-state index contributed by atoms with van der Waals surface area (Å²) >= 11 is 7.84. The monoisotopic (exact) mass is 244 g/mol. The van der Waals surface area contributed by atoms with Crippen LogP contribution in [0.15, 0.2) is 10.5 Å². The van der Waals surface area contributed by atoms with Gasteiger partial charge in [-0.25, -0.2) is 13.2 Å². The van der Waals surface area contributed by atoms with E-state index in [9.17, 15) is 13.2 Å². The molecule has 0 heterocycles. The summed E-state index contributed by atoms with van der Waals surface area (Å²) in [5, 5.41) is -0.448. The molecule has 0 aliphatic carbocycles. The molecule has 60 valence electrons. The molecule has 0 radical (unpaired) electrons. The maximum absolute atomic E-state index is 12.5. The van der Waals surface area contributed by atoms with Crippen molar-refractivity contribution in [3.63, 3.8) is 0 Å². The largest absolute Gasteiger partial charge is 0.202 e. The van der Waals surface area contributed by atoms with Crippen LogP contribution in [0.25, 0.3) is 0 Å². The summed E-state index contributed by atoms with van der Waals surface area (Å²) in [4.78, 5) is 0. The molecule has 0 nitrogen and oxygen atoms in total. The molecule has 0 bridgehead atoms. The van der Waals surface area contributed by atoms with Gasteiger partial charge >= 0.3 is 0 Å². The third-order valence-electron chi connectivity index (χ3n) is 1.06. The summed E-state index contributed by atoms with van der Waals surface area (Å²) < 4.78 is 37.0. The second-order valence-corrected chi connectivity index (χ2v) is 3.04. The molecule has 5 heteroatoms. The van der Waals surface area contributed by atoms with Crippen LogP contribution >= 0.6 is 27.5 Å². The minimum absolute atomic E-state index is 0.193. The van der Waals surface area contributed by atoms with Crippen molar-refractivity contribution in [2.45, 2.75) is 0 Å². The minimum atomic E-state index is -1.57. The molecule has 0 amide bonds. The van der Waals surface area contributed by atoms with E-state index < -0.39 is 22.5 Å². The molecule has 0 saturated heterocycles. The Hall–Kier alpha value is -0.220. The highest BCUT2D eigenvalue weighted by Crippen LogP contribution is 2.26. The topological polar surface area (TPSA) is 0 Å². The van der Waals surface area contributed by atoms with Gasteiger partial charge in [0.25, 0.3) is 0 Å². The molecule has 0 atom stereocenters. The van der Waals surface area contributed by atoms with Gasteiger partial charge in [0.05, 0.1) is 9.50 Å². The zero-order chi connectivity index (χ0) is 8.59. The molecule has 0 aromatic heterocycles. The summed E-state index contributed by atoms with van der Waals surface area (Å²) in [7, 11) is 0. The molecule has 0 aliphatic heterocycles. The normalized spacial score (nSPS) is 10.3. The SMILES string of the molecule is Fc1c(Cl)cc(Br)c(F)c1F. The van der Waals surface area contributed by atoms with E-state index in [0.29, 0.717) is 0 Å². The number of hydrogen-bond acceptors (Lipinski definition) is 0. The van der Waals surface area contributed by atoms with E-state index >= 15 is 0 Å². The van der Waals surface area contributed by atoms with Crippen LogP contribution in [0, 0.1) is 17.5 Å². The molecule has 1 rings (SSSR count). The molecular weight excluding hydrogens is 244 g/mol. The first-order valence-corrected chi connectivity index (χ1v) is 3.69. The van der Waals surface area contributed by atoms with Gasteiger partial charge in [0, 0.05) is 0 Å². The quantitative estimate of drug-likeness (QED) is 0.484. The average Bonchev–Trinajstić information content (AvgIpc) is 1.97. The third kappa shape index (κ3) is 1.51. The van der Waals surface area contributed by atoms with Gasteiger partial charge in [-0.15, -0.1) is 0 Å². The standard InChI is InChI=1S/C6HBrClF3/c7-2-1-3(8)5(10)6(11)4(2)9/h1H. The Morgan fingerprint density at radius 1 is 1.09 bits per heavy atom. The van der Waals surface area contributed by atoms with Crippen LogP contribution in [0.4, 0.5) is 13.2 Å². The fraction of sp³-hybridized carbons (Fsp3) is 0. The Morgan fingerprint density at radius 3 is 2.18 bits per heavy atom. The molecule has 0 spiro atoms. The van der Waals surface area contributed by atoms with Crippen molar-refractivity contribution in [2.24, 2.45) is 0 Å². The molecule has 0 aliphatic rings. The van der Waals surface area contributed by atoms with Gasteiger partial charge in [-0.2, -0.15) is 0 Å².